The molecule has 0 saturated heterocycles. The first-order valence-electron chi connectivity index (χ1n) is 6.08. The summed E-state index contributed by atoms with van der Waals surface area (Å²) in [7, 11) is 0. The molecule has 1 aliphatic rings. The lowest BCUT2D eigenvalue weighted by Gasteiger charge is -2.14. The molecular weight excluding hydrogens is 198 g/mol. The Kier molecular flexibility index (Phi) is 3.73. The van der Waals surface area contributed by atoms with Crippen LogP contribution < -0.4 is 0 Å². The van der Waals surface area contributed by atoms with E-state index in [0.29, 0.717) is 0 Å². The minimum absolute atomic E-state index is 0.502. The summed E-state index contributed by atoms with van der Waals surface area (Å²) >= 11 is 0. The smallest absolute Gasteiger partial charge is 0.117 e. The average Bonchev–Trinajstić information content (AvgIpc) is 2.56. The number of aliphatic hydroxyl groups excluding tert-OH is 1. The summed E-state index contributed by atoms with van der Waals surface area (Å²) in [6, 6.07) is 5.82. The molecule has 86 valence electrons. The predicted molar refractivity (Wildman–Crippen MR) is 65.1 cm³/mol. The first-order chi connectivity index (χ1) is 7.77. The van der Waals surface area contributed by atoms with Crippen LogP contribution in [0.3, 0.4) is 0 Å². The van der Waals surface area contributed by atoms with E-state index in [4.69, 9.17) is 0 Å². The molecule has 2 rings (SSSR count). The van der Waals surface area contributed by atoms with E-state index in [1.54, 1.807) is 0 Å². The van der Waals surface area contributed by atoms with E-state index in [2.05, 4.69) is 11.1 Å². The van der Waals surface area contributed by atoms with Crippen molar-refractivity contribution in [3.63, 3.8) is 0 Å². The van der Waals surface area contributed by atoms with Crippen molar-refractivity contribution in [3.8, 4) is 0 Å². The van der Waals surface area contributed by atoms with Crippen molar-refractivity contribution in [2.45, 2.75) is 45.1 Å². The van der Waals surface area contributed by atoms with Crippen LogP contribution in [0.15, 0.2) is 29.8 Å². The topological polar surface area (TPSA) is 33.1 Å². The molecule has 2 nitrogen and oxygen atoms in total. The molecule has 1 aliphatic carbocycles. The number of pyridine rings is 1. The quantitative estimate of drug-likeness (QED) is 0.771. The zero-order valence-electron chi connectivity index (χ0n) is 9.82. The van der Waals surface area contributed by atoms with Crippen LogP contribution in [0.2, 0.25) is 0 Å². The Morgan fingerprint density at radius 2 is 2.12 bits per heavy atom. The Morgan fingerprint density at radius 3 is 2.94 bits per heavy atom. The average molecular weight is 217 g/mol. The SMILES string of the molecule is Cc1cccc(C(O)C2=CCCCCC2)n1. The monoisotopic (exact) mass is 217 g/mol. The van der Waals surface area contributed by atoms with Gasteiger partial charge < -0.3 is 5.11 Å². The number of allylic oxidation sites excluding steroid dienone is 1. The first-order valence-corrected chi connectivity index (χ1v) is 6.08. The van der Waals surface area contributed by atoms with Gasteiger partial charge in [-0.15, -0.1) is 0 Å². The standard InChI is InChI=1S/C14H19NO/c1-11-7-6-10-13(15-11)14(16)12-8-4-2-3-5-9-12/h6-8,10,14,16H,2-5,9H2,1H3. The summed E-state index contributed by atoms with van der Waals surface area (Å²) in [4.78, 5) is 4.39. The molecule has 0 saturated carbocycles. The molecule has 0 amide bonds. The van der Waals surface area contributed by atoms with Gasteiger partial charge in [-0.2, -0.15) is 0 Å². The fourth-order valence-corrected chi connectivity index (χ4v) is 2.19. The molecule has 0 bridgehead atoms. The van der Waals surface area contributed by atoms with Gasteiger partial charge in [-0.05, 0) is 50.3 Å². The number of rotatable bonds is 2. The molecule has 1 aromatic heterocycles. The Labute approximate surface area is 97.0 Å². The van der Waals surface area contributed by atoms with E-state index < -0.39 is 6.10 Å². The van der Waals surface area contributed by atoms with E-state index >= 15 is 0 Å². The van der Waals surface area contributed by atoms with E-state index in [1.165, 1.54) is 19.3 Å². The third-order valence-electron chi connectivity index (χ3n) is 3.12. The van der Waals surface area contributed by atoms with Gasteiger partial charge in [0.1, 0.15) is 6.10 Å². The largest absolute Gasteiger partial charge is 0.382 e. The second-order valence-corrected chi connectivity index (χ2v) is 4.48. The van der Waals surface area contributed by atoms with E-state index in [9.17, 15) is 5.11 Å². The number of aliphatic hydroxyl groups is 1. The van der Waals surface area contributed by atoms with Crippen LogP contribution in [0.25, 0.3) is 0 Å². The summed E-state index contributed by atoms with van der Waals surface area (Å²) in [5, 5.41) is 10.3. The van der Waals surface area contributed by atoms with Crippen LogP contribution in [0.5, 0.6) is 0 Å². The summed E-state index contributed by atoms with van der Waals surface area (Å²) in [5.41, 5.74) is 2.90. The molecule has 0 spiro atoms. The van der Waals surface area contributed by atoms with Gasteiger partial charge in [0, 0.05) is 5.69 Å². The highest BCUT2D eigenvalue weighted by Crippen LogP contribution is 2.28. The van der Waals surface area contributed by atoms with Crippen LogP contribution in [-0.4, -0.2) is 10.1 Å². The predicted octanol–water partition coefficient (Wildman–Crippen LogP) is 3.31. The van der Waals surface area contributed by atoms with Crippen LogP contribution in [0.1, 0.15) is 49.6 Å². The number of aryl methyl sites for hydroxylation is 1. The molecule has 16 heavy (non-hydrogen) atoms. The summed E-state index contributed by atoms with van der Waals surface area (Å²) < 4.78 is 0. The fourth-order valence-electron chi connectivity index (χ4n) is 2.19. The number of hydrogen-bond donors (Lipinski definition) is 1. The molecule has 1 heterocycles. The Hall–Kier alpha value is -1.15. The zero-order chi connectivity index (χ0) is 11.4. The van der Waals surface area contributed by atoms with E-state index in [0.717, 1.165) is 29.8 Å². The number of aromatic nitrogens is 1. The number of nitrogens with zero attached hydrogens (tertiary/aromatic N) is 1. The van der Waals surface area contributed by atoms with Crippen molar-refractivity contribution in [2.75, 3.05) is 0 Å². The fraction of sp³-hybridized carbons (Fsp3) is 0.500. The third-order valence-corrected chi connectivity index (χ3v) is 3.12. The van der Waals surface area contributed by atoms with Crippen LogP contribution >= 0.6 is 0 Å². The lowest BCUT2D eigenvalue weighted by atomic mass is 10.0. The molecule has 2 heteroatoms. The van der Waals surface area contributed by atoms with Crippen LogP contribution in [0.4, 0.5) is 0 Å². The highest BCUT2D eigenvalue weighted by molar-refractivity contribution is 5.22. The van der Waals surface area contributed by atoms with E-state index in [1.807, 2.05) is 25.1 Å². The Balaban J connectivity index is 2.17. The lowest BCUT2D eigenvalue weighted by Crippen LogP contribution is -2.04. The van der Waals surface area contributed by atoms with Gasteiger partial charge in [0.05, 0.1) is 5.69 Å². The first kappa shape index (κ1) is 11.3. The zero-order valence-corrected chi connectivity index (χ0v) is 9.82. The van der Waals surface area contributed by atoms with Crippen molar-refractivity contribution in [3.05, 3.63) is 41.2 Å². The summed E-state index contributed by atoms with van der Waals surface area (Å²) in [6.45, 7) is 1.96. The van der Waals surface area contributed by atoms with Gasteiger partial charge in [0.2, 0.25) is 0 Å². The van der Waals surface area contributed by atoms with Gasteiger partial charge in [-0.3, -0.25) is 4.98 Å². The highest BCUT2D eigenvalue weighted by atomic mass is 16.3. The maximum absolute atomic E-state index is 10.3. The molecule has 1 N–H and O–H groups in total. The van der Waals surface area contributed by atoms with Gasteiger partial charge >= 0.3 is 0 Å². The van der Waals surface area contributed by atoms with Crippen molar-refractivity contribution >= 4 is 0 Å². The molecule has 0 radical (unpaired) electrons. The highest BCUT2D eigenvalue weighted by Gasteiger charge is 2.15. The van der Waals surface area contributed by atoms with Gasteiger partial charge in [0.15, 0.2) is 0 Å². The maximum Gasteiger partial charge on any atom is 0.117 e. The van der Waals surface area contributed by atoms with Crippen LogP contribution in [-0.2, 0) is 0 Å². The van der Waals surface area contributed by atoms with Crippen molar-refractivity contribution in [1.29, 1.82) is 0 Å². The lowest BCUT2D eigenvalue weighted by molar-refractivity contribution is 0.205. The minimum Gasteiger partial charge on any atom is -0.382 e. The van der Waals surface area contributed by atoms with Crippen molar-refractivity contribution in [2.24, 2.45) is 0 Å². The Morgan fingerprint density at radius 1 is 1.25 bits per heavy atom. The molecule has 1 unspecified atom stereocenters. The van der Waals surface area contributed by atoms with E-state index in [-0.39, 0.29) is 0 Å². The second-order valence-electron chi connectivity index (χ2n) is 4.48. The molecule has 0 fully saturated rings. The number of hydrogen-bond acceptors (Lipinski definition) is 2. The van der Waals surface area contributed by atoms with Crippen molar-refractivity contribution in [1.82, 2.24) is 4.98 Å². The molecule has 1 atom stereocenters. The van der Waals surface area contributed by atoms with Gasteiger partial charge in [-0.1, -0.05) is 18.6 Å². The molecule has 1 aromatic rings. The summed E-state index contributed by atoms with van der Waals surface area (Å²) in [5.74, 6) is 0. The second kappa shape index (κ2) is 5.26. The Bertz CT molecular complexity index is 384. The maximum atomic E-state index is 10.3. The summed E-state index contributed by atoms with van der Waals surface area (Å²) in [6.07, 6.45) is 7.51. The molecular formula is C14H19NO. The molecule has 0 aromatic carbocycles. The molecule has 0 aliphatic heterocycles. The van der Waals surface area contributed by atoms with Crippen LogP contribution in [0, 0.1) is 6.92 Å². The minimum atomic E-state index is -0.502. The normalized spacial score (nSPS) is 18.8. The third kappa shape index (κ3) is 2.70. The van der Waals surface area contributed by atoms with Gasteiger partial charge in [0.25, 0.3) is 0 Å². The van der Waals surface area contributed by atoms with Gasteiger partial charge in [-0.25, -0.2) is 0 Å². The van der Waals surface area contributed by atoms with Crippen molar-refractivity contribution < 1.29 is 5.11 Å².